The molecular weight excluding hydrogens is 234 g/mol. The molecule has 1 aromatic carbocycles. The van der Waals surface area contributed by atoms with E-state index in [0.29, 0.717) is 11.8 Å². The van der Waals surface area contributed by atoms with Crippen LogP contribution in [-0.4, -0.2) is 12.1 Å². The molecule has 0 spiro atoms. The van der Waals surface area contributed by atoms with Gasteiger partial charge in [-0.05, 0) is 36.0 Å². The van der Waals surface area contributed by atoms with E-state index >= 15 is 0 Å². The Hall–Kier alpha value is -1.57. The molecule has 0 fully saturated rings. The number of fused-ring (bicyclic) bond motifs is 1. The van der Waals surface area contributed by atoms with Gasteiger partial charge in [-0.1, -0.05) is 39.8 Å². The summed E-state index contributed by atoms with van der Waals surface area (Å²) in [6, 6.07) is 8.38. The van der Waals surface area contributed by atoms with Crippen molar-refractivity contribution < 1.29 is 4.74 Å². The zero-order valence-corrected chi connectivity index (χ0v) is 12.5. The third-order valence-corrected chi connectivity index (χ3v) is 3.36. The molecule has 1 aromatic heterocycles. The van der Waals surface area contributed by atoms with E-state index in [1.807, 2.05) is 12.1 Å². The molecule has 0 aliphatic carbocycles. The van der Waals surface area contributed by atoms with Crippen molar-refractivity contribution >= 4 is 10.9 Å². The van der Waals surface area contributed by atoms with Gasteiger partial charge in [0.15, 0.2) is 0 Å². The second-order valence-electron chi connectivity index (χ2n) is 5.81. The first-order valence-electron chi connectivity index (χ1n) is 6.99. The Kier molecular flexibility index (Phi) is 4.08. The molecule has 2 aromatic rings. The highest BCUT2D eigenvalue weighted by Gasteiger charge is 2.13. The maximum Gasteiger partial charge on any atom is 0.145 e. The minimum Gasteiger partial charge on any atom is -0.494 e. The summed E-state index contributed by atoms with van der Waals surface area (Å²) in [7, 11) is 1.70. The number of nitrogens with zero attached hydrogens (tertiary/aromatic N) is 1. The minimum absolute atomic E-state index is 0.497. The van der Waals surface area contributed by atoms with Crippen LogP contribution in [0.4, 0.5) is 0 Å². The first-order chi connectivity index (χ1) is 9.02. The molecule has 0 atom stereocenters. The predicted octanol–water partition coefficient (Wildman–Crippen LogP) is 4.57. The van der Waals surface area contributed by atoms with Gasteiger partial charge in [0.2, 0.25) is 0 Å². The standard InChI is InChI=1S/C17H23NO/c1-11(2)9-15-14(12(3)4)10-13-7-6-8-16(19-5)17(13)18-15/h6-8,10-12H,9H2,1-5H3. The van der Waals surface area contributed by atoms with E-state index in [9.17, 15) is 0 Å². The van der Waals surface area contributed by atoms with Gasteiger partial charge in [-0.25, -0.2) is 4.98 Å². The van der Waals surface area contributed by atoms with Crippen molar-refractivity contribution in [1.29, 1.82) is 0 Å². The topological polar surface area (TPSA) is 22.1 Å². The summed E-state index contributed by atoms with van der Waals surface area (Å²) in [4.78, 5) is 4.88. The quantitative estimate of drug-likeness (QED) is 0.800. The second kappa shape index (κ2) is 5.60. The first-order valence-corrected chi connectivity index (χ1v) is 6.99. The fourth-order valence-corrected chi connectivity index (χ4v) is 2.44. The zero-order valence-electron chi connectivity index (χ0n) is 12.5. The van der Waals surface area contributed by atoms with Crippen LogP contribution in [0.5, 0.6) is 5.75 Å². The molecule has 0 saturated heterocycles. The van der Waals surface area contributed by atoms with Crippen molar-refractivity contribution in [2.45, 2.75) is 40.0 Å². The van der Waals surface area contributed by atoms with Crippen LogP contribution in [0, 0.1) is 5.92 Å². The third-order valence-electron chi connectivity index (χ3n) is 3.36. The number of methoxy groups -OCH3 is 1. The number of aromatic nitrogens is 1. The number of pyridine rings is 1. The lowest BCUT2D eigenvalue weighted by Gasteiger charge is -2.16. The van der Waals surface area contributed by atoms with Crippen LogP contribution >= 0.6 is 0 Å². The van der Waals surface area contributed by atoms with Crippen LogP contribution in [0.15, 0.2) is 24.3 Å². The molecule has 0 unspecified atom stereocenters. The average molecular weight is 257 g/mol. The Morgan fingerprint density at radius 1 is 1.16 bits per heavy atom. The van der Waals surface area contributed by atoms with Crippen molar-refractivity contribution in [2.24, 2.45) is 5.92 Å². The first kappa shape index (κ1) is 13.9. The van der Waals surface area contributed by atoms with Gasteiger partial charge in [-0.15, -0.1) is 0 Å². The molecule has 0 saturated carbocycles. The van der Waals surface area contributed by atoms with Crippen molar-refractivity contribution in [3.63, 3.8) is 0 Å². The molecule has 0 N–H and O–H groups in total. The fraction of sp³-hybridized carbons (Fsp3) is 0.471. The molecule has 0 aliphatic heterocycles. The van der Waals surface area contributed by atoms with E-state index in [-0.39, 0.29) is 0 Å². The summed E-state index contributed by atoms with van der Waals surface area (Å²) in [5.41, 5.74) is 3.54. The molecule has 2 heteroatoms. The highest BCUT2D eigenvalue weighted by molar-refractivity contribution is 5.85. The maximum atomic E-state index is 5.43. The summed E-state index contributed by atoms with van der Waals surface area (Å²) in [5, 5.41) is 1.16. The average Bonchev–Trinajstić information content (AvgIpc) is 2.36. The highest BCUT2D eigenvalue weighted by atomic mass is 16.5. The number of rotatable bonds is 4. The lowest BCUT2D eigenvalue weighted by atomic mass is 9.94. The molecule has 2 nitrogen and oxygen atoms in total. The smallest absolute Gasteiger partial charge is 0.145 e. The summed E-state index contributed by atoms with van der Waals surface area (Å²) in [6.07, 6.45) is 1.02. The number of ether oxygens (including phenoxy) is 1. The molecule has 0 amide bonds. The van der Waals surface area contributed by atoms with E-state index in [4.69, 9.17) is 9.72 Å². The van der Waals surface area contributed by atoms with Gasteiger partial charge in [0.25, 0.3) is 0 Å². The molecule has 19 heavy (non-hydrogen) atoms. The fourth-order valence-electron chi connectivity index (χ4n) is 2.44. The Balaban J connectivity index is 2.66. The van der Waals surface area contributed by atoms with Gasteiger partial charge in [-0.3, -0.25) is 0 Å². The lowest BCUT2D eigenvalue weighted by Crippen LogP contribution is -2.05. The normalized spacial score (nSPS) is 11.5. The van der Waals surface area contributed by atoms with E-state index in [2.05, 4.69) is 39.8 Å². The maximum absolute atomic E-state index is 5.43. The molecular formula is C17H23NO. The van der Waals surface area contributed by atoms with Gasteiger partial charge in [0.1, 0.15) is 11.3 Å². The monoisotopic (exact) mass is 257 g/mol. The summed E-state index contributed by atoms with van der Waals surface area (Å²) in [6.45, 7) is 8.93. The van der Waals surface area contributed by atoms with Gasteiger partial charge in [0.05, 0.1) is 7.11 Å². The summed E-state index contributed by atoms with van der Waals surface area (Å²) >= 11 is 0. The molecule has 0 bridgehead atoms. The number of hydrogen-bond acceptors (Lipinski definition) is 2. The van der Waals surface area contributed by atoms with E-state index in [0.717, 1.165) is 23.1 Å². The largest absolute Gasteiger partial charge is 0.494 e. The van der Waals surface area contributed by atoms with Crippen LogP contribution in [0.3, 0.4) is 0 Å². The number of para-hydroxylation sites is 1. The summed E-state index contributed by atoms with van der Waals surface area (Å²) < 4.78 is 5.43. The van der Waals surface area contributed by atoms with Gasteiger partial charge in [-0.2, -0.15) is 0 Å². The van der Waals surface area contributed by atoms with Gasteiger partial charge >= 0.3 is 0 Å². The highest BCUT2D eigenvalue weighted by Crippen LogP contribution is 2.29. The van der Waals surface area contributed by atoms with E-state index in [1.54, 1.807) is 7.11 Å². The van der Waals surface area contributed by atoms with Crippen molar-refractivity contribution in [2.75, 3.05) is 7.11 Å². The van der Waals surface area contributed by atoms with Crippen molar-refractivity contribution in [3.8, 4) is 5.75 Å². The second-order valence-corrected chi connectivity index (χ2v) is 5.81. The Morgan fingerprint density at radius 2 is 1.89 bits per heavy atom. The van der Waals surface area contributed by atoms with Crippen LogP contribution in [0.2, 0.25) is 0 Å². The van der Waals surface area contributed by atoms with Gasteiger partial charge in [0, 0.05) is 11.1 Å². The lowest BCUT2D eigenvalue weighted by molar-refractivity contribution is 0.418. The molecule has 102 valence electrons. The van der Waals surface area contributed by atoms with E-state index in [1.165, 1.54) is 11.3 Å². The van der Waals surface area contributed by atoms with Crippen LogP contribution in [0.25, 0.3) is 10.9 Å². The summed E-state index contributed by atoms with van der Waals surface area (Å²) in [5.74, 6) is 1.96. The Bertz CT molecular complexity index is 573. The molecule has 1 heterocycles. The predicted molar refractivity (Wildman–Crippen MR) is 80.9 cm³/mol. The Morgan fingerprint density at radius 3 is 2.47 bits per heavy atom. The van der Waals surface area contributed by atoms with Gasteiger partial charge < -0.3 is 4.74 Å². The Labute approximate surface area is 115 Å². The van der Waals surface area contributed by atoms with Crippen molar-refractivity contribution in [3.05, 3.63) is 35.5 Å². The minimum atomic E-state index is 0.497. The molecule has 2 rings (SSSR count). The number of benzene rings is 1. The van der Waals surface area contributed by atoms with Crippen molar-refractivity contribution in [1.82, 2.24) is 4.98 Å². The SMILES string of the molecule is COc1cccc2cc(C(C)C)c(CC(C)C)nc12. The van der Waals surface area contributed by atoms with Crippen LogP contribution < -0.4 is 4.74 Å². The molecule has 0 aliphatic rings. The third kappa shape index (κ3) is 2.89. The van der Waals surface area contributed by atoms with Crippen LogP contribution in [-0.2, 0) is 6.42 Å². The van der Waals surface area contributed by atoms with E-state index < -0.39 is 0 Å². The van der Waals surface area contributed by atoms with Crippen LogP contribution in [0.1, 0.15) is 44.9 Å². The zero-order chi connectivity index (χ0) is 14.0. The molecule has 0 radical (unpaired) electrons. The number of hydrogen-bond donors (Lipinski definition) is 0.